The Kier molecular flexibility index (Phi) is 6.24. The molecule has 4 aromatic rings. The Bertz CT molecular complexity index is 1720. The normalized spacial score (nSPS) is 22.9. The molecular formula is C30H26O12. The summed E-state index contributed by atoms with van der Waals surface area (Å²) in [7, 11) is 0. The lowest BCUT2D eigenvalue weighted by atomic mass is 9.77. The standard InChI is InChI=1S/C30H26O12/c31-13-7-20(37)24-23(8-13)41-29(12-2-4-16(33)19(36)6-12)27(40)26(24)25-21(38)10-17(34)14-9-22(39)28(42-30(14)25)11-1-3-15(32)18(35)5-11/h1-8,10,22,26-29,31-40H,9H2/t22-,26+,27-,28-,29-/m0/s1. The maximum atomic E-state index is 11.8. The number of aliphatic hydroxyl groups is 2. The van der Waals surface area contributed by atoms with Gasteiger partial charge in [-0.25, -0.2) is 0 Å². The van der Waals surface area contributed by atoms with Gasteiger partial charge in [-0.2, -0.15) is 0 Å². The Morgan fingerprint density at radius 2 is 1.14 bits per heavy atom. The second-order valence-corrected chi connectivity index (χ2v) is 10.3. The van der Waals surface area contributed by atoms with Crippen LogP contribution in [0.25, 0.3) is 0 Å². The molecule has 12 heteroatoms. The van der Waals surface area contributed by atoms with Crippen molar-refractivity contribution < 1.29 is 60.5 Å². The molecule has 4 aromatic carbocycles. The van der Waals surface area contributed by atoms with Gasteiger partial charge < -0.3 is 60.5 Å². The third-order valence-electron chi connectivity index (χ3n) is 7.67. The molecule has 0 saturated heterocycles. The lowest BCUT2D eigenvalue weighted by Crippen LogP contribution is -2.36. The van der Waals surface area contributed by atoms with E-state index in [9.17, 15) is 51.1 Å². The fourth-order valence-corrected chi connectivity index (χ4v) is 5.71. The molecule has 0 aliphatic carbocycles. The minimum absolute atomic E-state index is 0.0312. The number of rotatable bonds is 3. The second-order valence-electron chi connectivity index (χ2n) is 10.3. The first-order chi connectivity index (χ1) is 19.9. The highest BCUT2D eigenvalue weighted by atomic mass is 16.5. The average molecular weight is 579 g/mol. The van der Waals surface area contributed by atoms with E-state index < -0.39 is 70.6 Å². The minimum atomic E-state index is -1.59. The predicted octanol–water partition coefficient (Wildman–Crippen LogP) is 3.00. The Balaban J connectivity index is 1.55. The molecule has 12 nitrogen and oxygen atoms in total. The second kappa shape index (κ2) is 9.72. The third kappa shape index (κ3) is 4.24. The molecule has 0 fully saturated rings. The zero-order chi connectivity index (χ0) is 30.0. The molecule has 0 saturated carbocycles. The summed E-state index contributed by atoms with van der Waals surface area (Å²) in [4.78, 5) is 0. The summed E-state index contributed by atoms with van der Waals surface area (Å²) in [5, 5.41) is 105. The number of aliphatic hydroxyl groups excluding tert-OH is 2. The van der Waals surface area contributed by atoms with Crippen molar-refractivity contribution in [2.24, 2.45) is 0 Å². The molecule has 0 bridgehead atoms. The van der Waals surface area contributed by atoms with E-state index >= 15 is 0 Å². The number of hydrogen-bond donors (Lipinski definition) is 10. The lowest BCUT2D eigenvalue weighted by Gasteiger charge is -2.40. The van der Waals surface area contributed by atoms with Crippen molar-refractivity contribution in [3.05, 3.63) is 82.4 Å². The number of hydrogen-bond acceptors (Lipinski definition) is 12. The molecule has 2 heterocycles. The smallest absolute Gasteiger partial charge is 0.157 e. The van der Waals surface area contributed by atoms with Crippen LogP contribution in [0.2, 0.25) is 0 Å². The number of fused-ring (bicyclic) bond motifs is 2. The lowest BCUT2D eigenvalue weighted by molar-refractivity contribution is 0.00115. The monoisotopic (exact) mass is 578 g/mol. The van der Waals surface area contributed by atoms with Gasteiger partial charge in [-0.1, -0.05) is 12.1 Å². The van der Waals surface area contributed by atoms with Gasteiger partial charge in [0.05, 0.1) is 12.0 Å². The highest BCUT2D eigenvalue weighted by molar-refractivity contribution is 5.65. The Hall–Kier alpha value is -5.20. The Morgan fingerprint density at radius 1 is 0.548 bits per heavy atom. The molecule has 0 radical (unpaired) electrons. The van der Waals surface area contributed by atoms with Crippen molar-refractivity contribution in [1.29, 1.82) is 0 Å². The van der Waals surface area contributed by atoms with Crippen LogP contribution in [0, 0.1) is 0 Å². The van der Waals surface area contributed by atoms with E-state index in [0.717, 1.165) is 12.1 Å². The summed E-state index contributed by atoms with van der Waals surface area (Å²) in [6.45, 7) is 0. The Morgan fingerprint density at radius 3 is 1.76 bits per heavy atom. The first-order valence-corrected chi connectivity index (χ1v) is 12.8. The van der Waals surface area contributed by atoms with Crippen LogP contribution < -0.4 is 9.47 Å². The average Bonchev–Trinajstić information content (AvgIpc) is 2.93. The maximum Gasteiger partial charge on any atom is 0.157 e. The minimum Gasteiger partial charge on any atom is -0.508 e. The number of aromatic hydroxyl groups is 8. The number of benzene rings is 4. The van der Waals surface area contributed by atoms with Gasteiger partial charge in [0, 0.05) is 41.3 Å². The van der Waals surface area contributed by atoms with Gasteiger partial charge in [0.15, 0.2) is 29.1 Å². The Labute approximate surface area is 237 Å². The molecule has 6 rings (SSSR count). The molecule has 0 unspecified atom stereocenters. The first kappa shape index (κ1) is 27.0. The van der Waals surface area contributed by atoms with E-state index in [2.05, 4.69) is 0 Å². The SMILES string of the molecule is Oc1cc(O)c2c(c1)O[C@@H](c1ccc(O)c(O)c1)[C@@H](O)[C@H]2c1c(O)cc(O)c2c1O[C@@H](c1ccc(O)c(O)c1)[C@@H](O)C2. The van der Waals surface area contributed by atoms with Crippen LogP contribution in [0.1, 0.15) is 45.9 Å². The quantitative estimate of drug-likeness (QED) is 0.159. The van der Waals surface area contributed by atoms with Gasteiger partial charge in [-0.05, 0) is 35.4 Å². The fraction of sp³-hybridized carbons (Fsp3) is 0.200. The van der Waals surface area contributed by atoms with E-state index in [0.29, 0.717) is 0 Å². The molecule has 2 aliphatic rings. The summed E-state index contributed by atoms with van der Waals surface area (Å²) in [6, 6.07) is 10.8. The molecule has 42 heavy (non-hydrogen) atoms. The zero-order valence-corrected chi connectivity index (χ0v) is 21.6. The molecule has 5 atom stereocenters. The molecule has 0 aromatic heterocycles. The van der Waals surface area contributed by atoms with E-state index in [-0.39, 0.29) is 51.5 Å². The van der Waals surface area contributed by atoms with Crippen LogP contribution in [0.3, 0.4) is 0 Å². The van der Waals surface area contributed by atoms with Gasteiger partial charge in [0.1, 0.15) is 46.7 Å². The van der Waals surface area contributed by atoms with Crippen LogP contribution in [0.5, 0.6) is 57.5 Å². The summed E-state index contributed by atoms with van der Waals surface area (Å²) >= 11 is 0. The van der Waals surface area contributed by atoms with Crippen molar-refractivity contribution in [1.82, 2.24) is 0 Å². The molecule has 218 valence electrons. The summed E-state index contributed by atoms with van der Waals surface area (Å²) in [5.74, 6) is -5.08. The summed E-state index contributed by atoms with van der Waals surface area (Å²) in [6.07, 6.45) is -5.43. The van der Waals surface area contributed by atoms with Crippen molar-refractivity contribution >= 4 is 0 Å². The maximum absolute atomic E-state index is 11.8. The fourth-order valence-electron chi connectivity index (χ4n) is 5.71. The zero-order valence-electron chi connectivity index (χ0n) is 21.6. The third-order valence-corrected chi connectivity index (χ3v) is 7.67. The van der Waals surface area contributed by atoms with Gasteiger partial charge in [0.2, 0.25) is 0 Å². The van der Waals surface area contributed by atoms with Gasteiger partial charge in [0.25, 0.3) is 0 Å². The number of phenolic OH excluding ortho intramolecular Hbond substituents is 8. The molecule has 0 spiro atoms. The van der Waals surface area contributed by atoms with Crippen LogP contribution in [0.15, 0.2) is 54.6 Å². The summed E-state index contributed by atoms with van der Waals surface area (Å²) in [5.41, 5.74) is 0.435. The largest absolute Gasteiger partial charge is 0.508 e. The molecule has 2 aliphatic heterocycles. The molecular weight excluding hydrogens is 552 g/mol. The highest BCUT2D eigenvalue weighted by Crippen LogP contribution is 2.57. The van der Waals surface area contributed by atoms with Crippen LogP contribution in [-0.2, 0) is 6.42 Å². The molecule has 0 amide bonds. The first-order valence-electron chi connectivity index (χ1n) is 12.8. The van der Waals surface area contributed by atoms with E-state index in [1.807, 2.05) is 0 Å². The van der Waals surface area contributed by atoms with Crippen molar-refractivity contribution in [3.8, 4) is 57.5 Å². The number of ether oxygens (including phenoxy) is 2. The highest BCUT2D eigenvalue weighted by Gasteiger charge is 2.46. The van der Waals surface area contributed by atoms with E-state index in [1.54, 1.807) is 0 Å². The van der Waals surface area contributed by atoms with E-state index in [4.69, 9.17) is 9.47 Å². The molecule has 10 N–H and O–H groups in total. The van der Waals surface area contributed by atoms with Crippen LogP contribution in [0.4, 0.5) is 0 Å². The van der Waals surface area contributed by atoms with Gasteiger partial charge in [-0.15, -0.1) is 0 Å². The topological polar surface area (TPSA) is 221 Å². The van der Waals surface area contributed by atoms with Crippen molar-refractivity contribution in [2.45, 2.75) is 36.8 Å². The van der Waals surface area contributed by atoms with Crippen molar-refractivity contribution in [2.75, 3.05) is 0 Å². The predicted molar refractivity (Wildman–Crippen MR) is 143 cm³/mol. The van der Waals surface area contributed by atoms with Gasteiger partial charge in [-0.3, -0.25) is 0 Å². The van der Waals surface area contributed by atoms with Crippen molar-refractivity contribution in [3.63, 3.8) is 0 Å². The van der Waals surface area contributed by atoms with E-state index in [1.165, 1.54) is 42.5 Å². The van der Waals surface area contributed by atoms with Crippen LogP contribution in [-0.4, -0.2) is 63.3 Å². The summed E-state index contributed by atoms with van der Waals surface area (Å²) < 4.78 is 12.1. The van der Waals surface area contributed by atoms with Crippen LogP contribution >= 0.6 is 0 Å². The number of phenols is 8. The van der Waals surface area contributed by atoms with Gasteiger partial charge >= 0.3 is 0 Å².